The Morgan fingerprint density at radius 3 is 2.53 bits per heavy atom. The molecule has 8 heteroatoms. The maximum absolute atomic E-state index is 12.1. The molecule has 0 atom stereocenters. The lowest BCUT2D eigenvalue weighted by molar-refractivity contribution is 0.200. The summed E-state index contributed by atoms with van der Waals surface area (Å²) in [6.45, 7) is 1.47. The molecular formula is C11H16N4O2S2. The molecule has 0 radical (unpaired) electrons. The molecule has 0 bridgehead atoms. The zero-order valence-corrected chi connectivity index (χ0v) is 12.0. The monoisotopic (exact) mass is 300 g/mol. The minimum absolute atomic E-state index is 0.109. The first-order valence-corrected chi connectivity index (χ1v) is 7.91. The molecule has 1 aromatic rings. The smallest absolute Gasteiger partial charge is 0.254 e. The molecule has 2 rings (SSSR count). The first-order chi connectivity index (χ1) is 8.99. The van der Waals surface area contributed by atoms with Crippen molar-refractivity contribution in [1.82, 2.24) is 14.8 Å². The fourth-order valence-electron chi connectivity index (χ4n) is 1.89. The minimum Gasteiger partial charge on any atom is -0.388 e. The van der Waals surface area contributed by atoms with Gasteiger partial charge in [-0.15, -0.1) is 4.83 Å². The number of thiocarbonyl (C=S) groups is 1. The van der Waals surface area contributed by atoms with Crippen molar-refractivity contribution in [2.45, 2.75) is 24.2 Å². The average Bonchev–Trinajstić information content (AvgIpc) is 2.39. The Labute approximate surface area is 118 Å². The predicted molar refractivity (Wildman–Crippen MR) is 75.9 cm³/mol. The van der Waals surface area contributed by atoms with Crippen molar-refractivity contribution in [2.75, 3.05) is 13.1 Å². The number of rotatable bonds is 4. The van der Waals surface area contributed by atoms with Crippen LogP contribution >= 0.6 is 12.2 Å². The maximum Gasteiger partial charge on any atom is 0.254 e. The van der Waals surface area contributed by atoms with E-state index in [9.17, 15) is 8.42 Å². The number of hydrogen-bond acceptors (Lipinski definition) is 5. The molecule has 0 amide bonds. The predicted octanol–water partition coefficient (Wildman–Crippen LogP) is 0.395. The van der Waals surface area contributed by atoms with Crippen LogP contribution in [-0.4, -0.2) is 36.5 Å². The zero-order chi connectivity index (χ0) is 13.9. The third-order valence-electron chi connectivity index (χ3n) is 2.90. The SMILES string of the molecule is NC(=S)c1ccc(S(=O)(=O)NN2CCCCC2)cn1. The van der Waals surface area contributed by atoms with Gasteiger partial charge in [0.05, 0.1) is 5.69 Å². The van der Waals surface area contributed by atoms with Gasteiger partial charge in [-0.05, 0) is 25.0 Å². The van der Waals surface area contributed by atoms with E-state index in [0.29, 0.717) is 5.69 Å². The number of piperidine rings is 1. The number of nitrogens with one attached hydrogen (secondary N) is 1. The summed E-state index contributed by atoms with van der Waals surface area (Å²) in [4.78, 5) is 6.75. The van der Waals surface area contributed by atoms with Gasteiger partial charge in [0, 0.05) is 19.3 Å². The van der Waals surface area contributed by atoms with Crippen LogP contribution in [0.5, 0.6) is 0 Å². The topological polar surface area (TPSA) is 88.3 Å². The van der Waals surface area contributed by atoms with Gasteiger partial charge in [0.2, 0.25) is 0 Å². The molecule has 0 unspecified atom stereocenters. The van der Waals surface area contributed by atoms with Crippen LogP contribution in [0.3, 0.4) is 0 Å². The molecule has 1 aliphatic heterocycles. The van der Waals surface area contributed by atoms with Crippen molar-refractivity contribution in [2.24, 2.45) is 5.73 Å². The standard InChI is InChI=1S/C11H16N4O2S2/c12-11(18)10-5-4-9(8-13-10)19(16,17)14-15-6-2-1-3-7-15/h4-5,8,14H,1-3,6-7H2,(H2,12,18). The highest BCUT2D eigenvalue weighted by Crippen LogP contribution is 2.11. The second kappa shape index (κ2) is 5.91. The van der Waals surface area contributed by atoms with Crippen LogP contribution in [0, 0.1) is 0 Å². The summed E-state index contributed by atoms with van der Waals surface area (Å²) in [5.74, 6) is 0. The Morgan fingerprint density at radius 1 is 1.32 bits per heavy atom. The molecule has 3 N–H and O–H groups in total. The number of nitrogens with zero attached hydrogens (tertiary/aromatic N) is 2. The summed E-state index contributed by atoms with van der Waals surface area (Å²) in [6, 6.07) is 2.96. The normalized spacial score (nSPS) is 17.3. The number of pyridine rings is 1. The highest BCUT2D eigenvalue weighted by Gasteiger charge is 2.20. The van der Waals surface area contributed by atoms with Crippen LogP contribution in [0.25, 0.3) is 0 Å². The van der Waals surface area contributed by atoms with E-state index in [1.165, 1.54) is 18.3 Å². The Hall–Kier alpha value is -1.09. The van der Waals surface area contributed by atoms with Crippen LogP contribution in [0.4, 0.5) is 0 Å². The van der Waals surface area contributed by atoms with Gasteiger partial charge < -0.3 is 5.73 Å². The van der Waals surface area contributed by atoms with Crippen LogP contribution in [0.15, 0.2) is 23.2 Å². The van der Waals surface area contributed by atoms with E-state index in [4.69, 9.17) is 18.0 Å². The van der Waals surface area contributed by atoms with E-state index in [-0.39, 0.29) is 9.88 Å². The summed E-state index contributed by atoms with van der Waals surface area (Å²) < 4.78 is 24.2. The van der Waals surface area contributed by atoms with Gasteiger partial charge in [0.1, 0.15) is 9.88 Å². The highest BCUT2D eigenvalue weighted by atomic mass is 32.2. The number of sulfonamides is 1. The summed E-state index contributed by atoms with van der Waals surface area (Å²) in [5.41, 5.74) is 5.83. The molecule has 2 heterocycles. The summed E-state index contributed by atoms with van der Waals surface area (Å²) >= 11 is 4.77. The molecule has 6 nitrogen and oxygen atoms in total. The molecule has 1 fully saturated rings. The molecule has 1 saturated heterocycles. The largest absolute Gasteiger partial charge is 0.388 e. The van der Waals surface area contributed by atoms with E-state index in [1.54, 1.807) is 5.01 Å². The van der Waals surface area contributed by atoms with Crippen LogP contribution in [0.2, 0.25) is 0 Å². The van der Waals surface area contributed by atoms with Crippen LogP contribution in [0.1, 0.15) is 25.0 Å². The highest BCUT2D eigenvalue weighted by molar-refractivity contribution is 7.89. The second-order valence-corrected chi connectivity index (χ2v) is 6.49. The fraction of sp³-hybridized carbons (Fsp3) is 0.455. The van der Waals surface area contributed by atoms with Crippen molar-refractivity contribution in [3.8, 4) is 0 Å². The summed E-state index contributed by atoms with van der Waals surface area (Å²) in [6.07, 6.45) is 4.41. The van der Waals surface area contributed by atoms with Crippen molar-refractivity contribution in [3.63, 3.8) is 0 Å². The van der Waals surface area contributed by atoms with Gasteiger partial charge in [-0.3, -0.25) is 4.98 Å². The van der Waals surface area contributed by atoms with Gasteiger partial charge in [-0.25, -0.2) is 13.4 Å². The number of hydrogen-bond donors (Lipinski definition) is 2. The molecular weight excluding hydrogens is 284 g/mol. The van der Waals surface area contributed by atoms with E-state index in [1.807, 2.05) is 0 Å². The second-order valence-electron chi connectivity index (χ2n) is 4.39. The van der Waals surface area contributed by atoms with Gasteiger partial charge >= 0.3 is 0 Å². The molecule has 1 aliphatic rings. The molecule has 0 aliphatic carbocycles. The number of hydrazine groups is 1. The molecule has 104 valence electrons. The van der Waals surface area contributed by atoms with Crippen molar-refractivity contribution in [1.29, 1.82) is 0 Å². The Morgan fingerprint density at radius 2 is 2.00 bits per heavy atom. The Kier molecular flexibility index (Phi) is 4.46. The Bertz CT molecular complexity index is 551. The first kappa shape index (κ1) is 14.3. The van der Waals surface area contributed by atoms with E-state index < -0.39 is 10.0 Å². The van der Waals surface area contributed by atoms with Crippen molar-refractivity contribution < 1.29 is 8.42 Å². The first-order valence-electron chi connectivity index (χ1n) is 6.02. The van der Waals surface area contributed by atoms with Crippen LogP contribution in [-0.2, 0) is 10.0 Å². The summed E-state index contributed by atoms with van der Waals surface area (Å²) in [5, 5.41) is 1.72. The van der Waals surface area contributed by atoms with Gasteiger partial charge in [-0.2, -0.15) is 0 Å². The van der Waals surface area contributed by atoms with Gasteiger partial charge in [0.15, 0.2) is 0 Å². The number of nitrogens with two attached hydrogens (primary N) is 1. The lowest BCUT2D eigenvalue weighted by Gasteiger charge is -2.26. The Balaban J connectivity index is 2.12. The lowest BCUT2D eigenvalue weighted by Crippen LogP contribution is -2.44. The fourth-order valence-corrected chi connectivity index (χ4v) is 3.08. The minimum atomic E-state index is -3.57. The molecule has 0 aromatic carbocycles. The molecule has 19 heavy (non-hydrogen) atoms. The lowest BCUT2D eigenvalue weighted by atomic mass is 10.2. The molecule has 0 saturated carbocycles. The van der Waals surface area contributed by atoms with Crippen molar-refractivity contribution >= 4 is 27.2 Å². The van der Waals surface area contributed by atoms with E-state index in [2.05, 4.69) is 9.82 Å². The average molecular weight is 300 g/mol. The molecule has 0 spiro atoms. The quantitative estimate of drug-likeness (QED) is 0.782. The third-order valence-corrected chi connectivity index (χ3v) is 4.47. The number of aromatic nitrogens is 1. The van der Waals surface area contributed by atoms with E-state index in [0.717, 1.165) is 32.4 Å². The van der Waals surface area contributed by atoms with E-state index >= 15 is 0 Å². The summed E-state index contributed by atoms with van der Waals surface area (Å²) in [7, 11) is -3.57. The van der Waals surface area contributed by atoms with Gasteiger partial charge in [-0.1, -0.05) is 18.6 Å². The third kappa shape index (κ3) is 3.69. The van der Waals surface area contributed by atoms with Gasteiger partial charge in [0.25, 0.3) is 10.0 Å². The maximum atomic E-state index is 12.1. The van der Waals surface area contributed by atoms with Crippen molar-refractivity contribution in [3.05, 3.63) is 24.0 Å². The molecule has 1 aromatic heterocycles. The van der Waals surface area contributed by atoms with Crippen LogP contribution < -0.4 is 10.6 Å². The zero-order valence-electron chi connectivity index (χ0n) is 10.4.